The topological polar surface area (TPSA) is 36.1 Å². The smallest absolute Gasteiger partial charge is 0.257 e. The van der Waals surface area contributed by atoms with Gasteiger partial charge < -0.3 is 9.88 Å². The van der Waals surface area contributed by atoms with E-state index >= 15 is 0 Å². The molecule has 5 heteroatoms. The van der Waals surface area contributed by atoms with Gasteiger partial charge in [-0.3, -0.25) is 4.79 Å². The Hall–Kier alpha value is -3.47. The van der Waals surface area contributed by atoms with Crippen molar-refractivity contribution in [3.63, 3.8) is 0 Å². The molecule has 29 heavy (non-hydrogen) atoms. The summed E-state index contributed by atoms with van der Waals surface area (Å²) in [5.41, 5.74) is 3.86. The number of halogens is 2. The molecule has 1 N–H and O–H groups in total. The highest BCUT2D eigenvalue weighted by molar-refractivity contribution is 5.96. The highest BCUT2D eigenvalue weighted by Crippen LogP contribution is 2.39. The Morgan fingerprint density at radius 2 is 1.66 bits per heavy atom. The number of hydrogen-bond acceptors (Lipinski definition) is 1. The Bertz CT molecular complexity index is 1210. The van der Waals surface area contributed by atoms with E-state index in [4.69, 9.17) is 0 Å². The second-order valence-corrected chi connectivity index (χ2v) is 7.25. The summed E-state index contributed by atoms with van der Waals surface area (Å²) in [5.74, 6) is -1.26. The van der Waals surface area contributed by atoms with E-state index in [-0.39, 0.29) is 17.3 Å². The predicted octanol–water partition coefficient (Wildman–Crippen LogP) is 5.23. The maximum atomic E-state index is 14.3. The number of hydrogen-bond donors (Lipinski definition) is 1. The molecule has 1 atom stereocenters. The molecule has 0 spiro atoms. The summed E-state index contributed by atoms with van der Waals surface area (Å²) in [6, 6.07) is 19.7. The summed E-state index contributed by atoms with van der Waals surface area (Å²) in [7, 11) is 0. The van der Waals surface area contributed by atoms with Gasteiger partial charge in [0, 0.05) is 23.1 Å². The Morgan fingerprint density at radius 3 is 2.45 bits per heavy atom. The van der Waals surface area contributed by atoms with E-state index in [0.717, 1.165) is 27.7 Å². The van der Waals surface area contributed by atoms with Crippen molar-refractivity contribution < 1.29 is 13.6 Å². The van der Waals surface area contributed by atoms with Gasteiger partial charge in [-0.15, -0.1) is 0 Å². The average Bonchev–Trinajstić information content (AvgIpc) is 3.12. The number of nitrogens with zero attached hydrogens (tertiary/aromatic N) is 1. The van der Waals surface area contributed by atoms with Gasteiger partial charge in [0.2, 0.25) is 0 Å². The summed E-state index contributed by atoms with van der Waals surface area (Å²) in [6.07, 6.45) is 0.664. The van der Waals surface area contributed by atoms with Crippen LogP contribution in [-0.2, 0) is 6.42 Å². The van der Waals surface area contributed by atoms with Crippen molar-refractivity contribution in [1.29, 1.82) is 0 Å². The van der Waals surface area contributed by atoms with Crippen LogP contribution in [0.1, 0.15) is 33.2 Å². The third-order valence-corrected chi connectivity index (χ3v) is 5.59. The fraction of sp³-hybridized carbons (Fsp3) is 0.125. The van der Waals surface area contributed by atoms with Gasteiger partial charge in [-0.2, -0.15) is 0 Å². The molecule has 0 radical (unpaired) electrons. The summed E-state index contributed by atoms with van der Waals surface area (Å²) in [4.78, 5) is 18.4. The lowest BCUT2D eigenvalue weighted by Crippen LogP contribution is -2.41. The second-order valence-electron chi connectivity index (χ2n) is 7.25. The maximum absolute atomic E-state index is 14.3. The first-order chi connectivity index (χ1) is 14.1. The van der Waals surface area contributed by atoms with Crippen LogP contribution >= 0.6 is 0 Å². The molecule has 144 valence electrons. The first-order valence-corrected chi connectivity index (χ1v) is 9.54. The van der Waals surface area contributed by atoms with Crippen molar-refractivity contribution in [3.8, 4) is 0 Å². The zero-order chi connectivity index (χ0) is 20.0. The van der Waals surface area contributed by atoms with Gasteiger partial charge in [-0.1, -0.05) is 42.5 Å². The number of aromatic amines is 1. The second kappa shape index (κ2) is 6.85. The number of H-pyrrole nitrogens is 1. The third kappa shape index (κ3) is 2.90. The molecule has 3 aromatic carbocycles. The molecule has 1 aliphatic heterocycles. The SMILES string of the molecule is O=C(c1ccccc1F)N1CCc2c([nH]c3ccccc23)[C@H]1c1ccc(F)cc1. The summed E-state index contributed by atoms with van der Waals surface area (Å²) < 4.78 is 27.9. The van der Waals surface area contributed by atoms with E-state index in [0.29, 0.717) is 13.0 Å². The van der Waals surface area contributed by atoms with Crippen LogP contribution in [0.5, 0.6) is 0 Å². The molecule has 0 saturated heterocycles. The van der Waals surface area contributed by atoms with E-state index in [9.17, 15) is 13.6 Å². The molecule has 0 unspecified atom stereocenters. The van der Waals surface area contributed by atoms with E-state index in [2.05, 4.69) is 11.1 Å². The largest absolute Gasteiger partial charge is 0.356 e. The van der Waals surface area contributed by atoms with E-state index in [1.165, 1.54) is 24.3 Å². The Labute approximate surface area is 166 Å². The first-order valence-electron chi connectivity index (χ1n) is 9.54. The molecule has 0 saturated carbocycles. The zero-order valence-electron chi connectivity index (χ0n) is 15.5. The van der Waals surface area contributed by atoms with Gasteiger partial charge in [0.05, 0.1) is 11.6 Å². The Morgan fingerprint density at radius 1 is 0.931 bits per heavy atom. The Kier molecular flexibility index (Phi) is 4.16. The number of amides is 1. The van der Waals surface area contributed by atoms with Crippen LogP contribution in [-0.4, -0.2) is 22.3 Å². The van der Waals surface area contributed by atoms with E-state index < -0.39 is 11.9 Å². The number of aromatic nitrogens is 1. The molecule has 0 bridgehead atoms. The monoisotopic (exact) mass is 388 g/mol. The number of carbonyl (C=O) groups is 1. The summed E-state index contributed by atoms with van der Waals surface area (Å²) >= 11 is 0. The van der Waals surface area contributed by atoms with Crippen molar-refractivity contribution in [2.75, 3.05) is 6.54 Å². The van der Waals surface area contributed by atoms with E-state index in [1.54, 1.807) is 29.2 Å². The molecule has 0 fully saturated rings. The van der Waals surface area contributed by atoms with Gasteiger partial charge in [0.15, 0.2) is 0 Å². The molecule has 1 aromatic heterocycles. The molecule has 1 amide bonds. The molecule has 5 rings (SSSR count). The highest BCUT2D eigenvalue weighted by atomic mass is 19.1. The minimum absolute atomic E-state index is 0.0409. The average molecular weight is 388 g/mol. The number of nitrogens with one attached hydrogen (secondary N) is 1. The summed E-state index contributed by atoms with van der Waals surface area (Å²) in [5, 5.41) is 1.12. The minimum atomic E-state index is -0.544. The number of fused-ring (bicyclic) bond motifs is 3. The fourth-order valence-electron chi connectivity index (χ4n) is 4.24. The van der Waals surface area contributed by atoms with Crippen molar-refractivity contribution in [2.24, 2.45) is 0 Å². The van der Waals surface area contributed by atoms with Crippen molar-refractivity contribution in [1.82, 2.24) is 9.88 Å². The Balaban J connectivity index is 1.68. The van der Waals surface area contributed by atoms with Crippen LogP contribution in [0.4, 0.5) is 8.78 Å². The van der Waals surface area contributed by atoms with Gasteiger partial charge in [-0.25, -0.2) is 8.78 Å². The fourth-order valence-corrected chi connectivity index (χ4v) is 4.24. The molecule has 0 aliphatic carbocycles. The van der Waals surface area contributed by atoms with Gasteiger partial charge in [-0.05, 0) is 47.9 Å². The van der Waals surface area contributed by atoms with Gasteiger partial charge >= 0.3 is 0 Å². The lowest BCUT2D eigenvalue weighted by Gasteiger charge is -2.36. The molecular weight excluding hydrogens is 370 g/mol. The normalized spacial score (nSPS) is 16.1. The van der Waals surface area contributed by atoms with Crippen molar-refractivity contribution >= 4 is 16.8 Å². The minimum Gasteiger partial charge on any atom is -0.356 e. The lowest BCUT2D eigenvalue weighted by molar-refractivity contribution is 0.0687. The highest BCUT2D eigenvalue weighted by Gasteiger charge is 2.35. The molecule has 3 nitrogen and oxygen atoms in total. The zero-order valence-corrected chi connectivity index (χ0v) is 15.5. The van der Waals surface area contributed by atoms with Crippen LogP contribution in [0.15, 0.2) is 72.8 Å². The summed E-state index contributed by atoms with van der Waals surface area (Å²) in [6.45, 7) is 0.448. The quantitative estimate of drug-likeness (QED) is 0.501. The van der Waals surface area contributed by atoms with Gasteiger partial charge in [0.25, 0.3) is 5.91 Å². The maximum Gasteiger partial charge on any atom is 0.257 e. The van der Waals surface area contributed by atoms with Crippen molar-refractivity contribution in [2.45, 2.75) is 12.5 Å². The standard InChI is InChI=1S/C24H18F2N2O/c25-16-11-9-15(10-12-16)23-22-18(17-5-2-4-8-21(17)27-22)13-14-28(23)24(29)19-6-1-3-7-20(19)26/h1-12,23,27H,13-14H2/t23-/m1/s1. The van der Waals surface area contributed by atoms with Crippen LogP contribution < -0.4 is 0 Å². The number of para-hydroxylation sites is 1. The number of carbonyl (C=O) groups excluding carboxylic acids is 1. The van der Waals surface area contributed by atoms with Gasteiger partial charge in [0.1, 0.15) is 11.6 Å². The first kappa shape index (κ1) is 17.6. The number of rotatable bonds is 2. The van der Waals surface area contributed by atoms with Crippen LogP contribution in [0.25, 0.3) is 10.9 Å². The number of benzene rings is 3. The lowest BCUT2D eigenvalue weighted by atomic mass is 9.91. The molecule has 4 aromatic rings. The van der Waals surface area contributed by atoms with Crippen LogP contribution in [0.3, 0.4) is 0 Å². The van der Waals surface area contributed by atoms with E-state index in [1.807, 2.05) is 18.2 Å². The molecule has 2 heterocycles. The predicted molar refractivity (Wildman–Crippen MR) is 108 cm³/mol. The van der Waals surface area contributed by atoms with Crippen LogP contribution in [0.2, 0.25) is 0 Å². The third-order valence-electron chi connectivity index (χ3n) is 5.59. The van der Waals surface area contributed by atoms with Crippen LogP contribution in [0, 0.1) is 11.6 Å². The molecule has 1 aliphatic rings. The van der Waals surface area contributed by atoms with Crippen molar-refractivity contribution in [3.05, 3.63) is 107 Å². The molecular formula is C24H18F2N2O.